The molecule has 0 aromatic heterocycles. The highest BCUT2D eigenvalue weighted by atomic mass is 16.4. The number of likely N-dealkylation sites (tertiary alicyclic amines) is 1. The third-order valence-electron chi connectivity index (χ3n) is 3.86. The Bertz CT molecular complexity index is 325. The zero-order valence-corrected chi connectivity index (χ0v) is 12.0. The van der Waals surface area contributed by atoms with Gasteiger partial charge >= 0.3 is 12.0 Å². The monoisotopic (exact) mass is 271 g/mol. The first-order valence-electron chi connectivity index (χ1n) is 6.75. The summed E-state index contributed by atoms with van der Waals surface area (Å²) in [6.07, 6.45) is 2.13. The Morgan fingerprint density at radius 1 is 1.32 bits per heavy atom. The second kappa shape index (κ2) is 6.75. The molecule has 0 aromatic carbocycles. The van der Waals surface area contributed by atoms with Gasteiger partial charge in [0.1, 0.15) is 0 Å². The van der Waals surface area contributed by atoms with Crippen molar-refractivity contribution in [3.63, 3.8) is 0 Å². The van der Waals surface area contributed by atoms with Crippen molar-refractivity contribution in [2.75, 3.05) is 33.2 Å². The van der Waals surface area contributed by atoms with Gasteiger partial charge in [-0.1, -0.05) is 13.8 Å². The maximum absolute atomic E-state index is 11.6. The van der Waals surface area contributed by atoms with Crippen LogP contribution in [0, 0.1) is 11.3 Å². The number of piperidine rings is 1. The normalized spacial score (nSPS) is 20.6. The lowest BCUT2D eigenvalue weighted by Crippen LogP contribution is -2.47. The standard InChI is InChI=1S/C13H25N3O3/c1-10(11(17)18)8-14-12(19)15-9-13(2)4-6-16(3)7-5-13/h10H,4-9H2,1-3H3,(H,17,18)(H2,14,15,19). The van der Waals surface area contributed by atoms with Gasteiger partial charge in [-0.25, -0.2) is 4.79 Å². The number of hydrogen-bond acceptors (Lipinski definition) is 3. The largest absolute Gasteiger partial charge is 0.481 e. The zero-order valence-electron chi connectivity index (χ0n) is 12.0. The molecule has 0 radical (unpaired) electrons. The molecule has 0 saturated carbocycles. The van der Waals surface area contributed by atoms with E-state index in [-0.39, 0.29) is 18.0 Å². The van der Waals surface area contributed by atoms with Crippen molar-refractivity contribution in [3.05, 3.63) is 0 Å². The molecule has 1 aliphatic rings. The van der Waals surface area contributed by atoms with Crippen LogP contribution in [0.4, 0.5) is 4.79 Å². The molecular weight excluding hydrogens is 246 g/mol. The summed E-state index contributed by atoms with van der Waals surface area (Å²) in [6.45, 7) is 6.64. The van der Waals surface area contributed by atoms with Crippen LogP contribution in [0.2, 0.25) is 0 Å². The Hall–Kier alpha value is -1.30. The quantitative estimate of drug-likeness (QED) is 0.689. The lowest BCUT2D eigenvalue weighted by atomic mass is 9.80. The van der Waals surface area contributed by atoms with Crippen molar-refractivity contribution in [1.29, 1.82) is 0 Å². The first-order chi connectivity index (χ1) is 8.82. The molecule has 2 amide bonds. The summed E-state index contributed by atoms with van der Waals surface area (Å²) in [5, 5.41) is 14.1. The number of nitrogens with zero attached hydrogens (tertiary/aromatic N) is 1. The second-order valence-corrected chi connectivity index (χ2v) is 5.92. The van der Waals surface area contributed by atoms with E-state index in [2.05, 4.69) is 29.5 Å². The van der Waals surface area contributed by atoms with Crippen LogP contribution in [0.25, 0.3) is 0 Å². The summed E-state index contributed by atoms with van der Waals surface area (Å²) < 4.78 is 0. The molecule has 1 heterocycles. The van der Waals surface area contributed by atoms with Crippen molar-refractivity contribution in [3.8, 4) is 0 Å². The first-order valence-corrected chi connectivity index (χ1v) is 6.75. The van der Waals surface area contributed by atoms with Crippen LogP contribution in [0.3, 0.4) is 0 Å². The molecule has 19 heavy (non-hydrogen) atoms. The number of hydrogen-bond donors (Lipinski definition) is 3. The van der Waals surface area contributed by atoms with Gasteiger partial charge in [0.25, 0.3) is 0 Å². The van der Waals surface area contributed by atoms with Crippen LogP contribution >= 0.6 is 0 Å². The highest BCUT2D eigenvalue weighted by Gasteiger charge is 2.29. The van der Waals surface area contributed by atoms with E-state index >= 15 is 0 Å². The van der Waals surface area contributed by atoms with Crippen LogP contribution < -0.4 is 10.6 Å². The highest BCUT2D eigenvalue weighted by Crippen LogP contribution is 2.29. The first kappa shape index (κ1) is 15.8. The summed E-state index contributed by atoms with van der Waals surface area (Å²) in [6, 6.07) is -0.284. The van der Waals surface area contributed by atoms with Gasteiger partial charge in [-0.05, 0) is 38.4 Å². The molecule has 6 nitrogen and oxygen atoms in total. The van der Waals surface area contributed by atoms with Gasteiger partial charge in [0.2, 0.25) is 0 Å². The summed E-state index contributed by atoms with van der Waals surface area (Å²) in [5.41, 5.74) is 0.141. The molecule has 0 spiro atoms. The number of urea groups is 1. The van der Waals surface area contributed by atoms with Crippen molar-refractivity contribution < 1.29 is 14.7 Å². The van der Waals surface area contributed by atoms with Gasteiger partial charge in [0.15, 0.2) is 0 Å². The van der Waals surface area contributed by atoms with Crippen molar-refractivity contribution in [1.82, 2.24) is 15.5 Å². The van der Waals surface area contributed by atoms with E-state index in [0.29, 0.717) is 6.54 Å². The molecule has 0 aliphatic carbocycles. The van der Waals surface area contributed by atoms with Gasteiger partial charge in [-0.2, -0.15) is 0 Å². The summed E-state index contributed by atoms with van der Waals surface area (Å²) in [5.74, 6) is -1.47. The number of carboxylic acid groups (broad SMARTS) is 1. The Morgan fingerprint density at radius 2 is 1.89 bits per heavy atom. The molecule has 0 bridgehead atoms. The Labute approximate surface area is 114 Å². The molecular formula is C13H25N3O3. The summed E-state index contributed by atoms with van der Waals surface area (Å²) in [7, 11) is 2.10. The molecule has 1 unspecified atom stereocenters. The molecule has 1 rings (SSSR count). The van der Waals surface area contributed by atoms with Gasteiger partial charge in [-0.3, -0.25) is 4.79 Å². The van der Waals surface area contributed by atoms with Gasteiger partial charge < -0.3 is 20.6 Å². The van der Waals surface area contributed by atoms with Crippen LogP contribution in [0.15, 0.2) is 0 Å². The molecule has 1 saturated heterocycles. The fourth-order valence-corrected chi connectivity index (χ4v) is 2.02. The van der Waals surface area contributed by atoms with Crippen molar-refractivity contribution >= 4 is 12.0 Å². The van der Waals surface area contributed by atoms with Crippen LogP contribution in [-0.2, 0) is 4.79 Å². The average molecular weight is 271 g/mol. The van der Waals surface area contributed by atoms with Crippen LogP contribution in [0.5, 0.6) is 0 Å². The second-order valence-electron chi connectivity index (χ2n) is 5.92. The molecule has 1 fully saturated rings. The summed E-state index contributed by atoms with van der Waals surface area (Å²) >= 11 is 0. The van der Waals surface area contributed by atoms with Gasteiger partial charge in [-0.15, -0.1) is 0 Å². The fraction of sp³-hybridized carbons (Fsp3) is 0.846. The number of rotatable bonds is 5. The highest BCUT2D eigenvalue weighted by molar-refractivity contribution is 5.75. The minimum atomic E-state index is -0.900. The Morgan fingerprint density at radius 3 is 2.42 bits per heavy atom. The molecule has 6 heteroatoms. The van der Waals surface area contributed by atoms with E-state index in [1.165, 1.54) is 0 Å². The fourth-order valence-electron chi connectivity index (χ4n) is 2.02. The van der Waals surface area contributed by atoms with Gasteiger partial charge in [0, 0.05) is 13.1 Å². The smallest absolute Gasteiger partial charge is 0.314 e. The third kappa shape index (κ3) is 5.46. The minimum absolute atomic E-state index is 0.141. The molecule has 110 valence electrons. The minimum Gasteiger partial charge on any atom is -0.481 e. The van der Waals surface area contributed by atoms with E-state index in [9.17, 15) is 9.59 Å². The number of carbonyl (C=O) groups is 2. The van der Waals surface area contributed by atoms with E-state index in [4.69, 9.17) is 5.11 Å². The SMILES string of the molecule is CC(CNC(=O)NCC1(C)CCN(C)CC1)C(=O)O. The lowest BCUT2D eigenvalue weighted by Gasteiger charge is -2.37. The summed E-state index contributed by atoms with van der Waals surface area (Å²) in [4.78, 5) is 24.5. The Balaban J connectivity index is 2.24. The lowest BCUT2D eigenvalue weighted by molar-refractivity contribution is -0.140. The van der Waals surface area contributed by atoms with Crippen LogP contribution in [0.1, 0.15) is 26.7 Å². The van der Waals surface area contributed by atoms with E-state index in [1.807, 2.05) is 0 Å². The van der Waals surface area contributed by atoms with Crippen LogP contribution in [-0.4, -0.2) is 55.2 Å². The topological polar surface area (TPSA) is 81.7 Å². The average Bonchev–Trinajstić information content (AvgIpc) is 2.37. The number of carbonyl (C=O) groups excluding carboxylic acids is 1. The van der Waals surface area contributed by atoms with E-state index in [0.717, 1.165) is 25.9 Å². The molecule has 1 aliphatic heterocycles. The maximum Gasteiger partial charge on any atom is 0.314 e. The molecule has 1 atom stereocenters. The molecule has 0 aromatic rings. The predicted molar refractivity (Wildman–Crippen MR) is 73.0 cm³/mol. The maximum atomic E-state index is 11.6. The van der Waals surface area contributed by atoms with Gasteiger partial charge in [0.05, 0.1) is 5.92 Å². The molecule has 3 N–H and O–H groups in total. The number of nitrogens with one attached hydrogen (secondary N) is 2. The van der Waals surface area contributed by atoms with Crippen molar-refractivity contribution in [2.24, 2.45) is 11.3 Å². The van der Waals surface area contributed by atoms with E-state index in [1.54, 1.807) is 6.92 Å². The third-order valence-corrected chi connectivity index (χ3v) is 3.86. The number of amides is 2. The van der Waals surface area contributed by atoms with Crippen molar-refractivity contribution in [2.45, 2.75) is 26.7 Å². The predicted octanol–water partition coefficient (Wildman–Crippen LogP) is 0.738. The van der Waals surface area contributed by atoms with E-state index < -0.39 is 11.9 Å². The Kier molecular flexibility index (Phi) is 5.60. The number of carboxylic acids is 1. The zero-order chi connectivity index (χ0) is 14.5. The number of aliphatic carboxylic acids is 1.